The van der Waals surface area contributed by atoms with Crippen LogP contribution in [-0.2, 0) is 0 Å². The Morgan fingerprint density at radius 1 is 1.18 bits per heavy atom. The molecule has 1 aromatic rings. The highest BCUT2D eigenvalue weighted by atomic mass is 16.3. The van der Waals surface area contributed by atoms with Crippen molar-refractivity contribution in [2.24, 2.45) is 0 Å². The van der Waals surface area contributed by atoms with Gasteiger partial charge in [0.15, 0.2) is 17.3 Å². The average Bonchev–Trinajstić information content (AvgIpc) is 2.27. The maximum absolute atomic E-state index is 11.7. The van der Waals surface area contributed by atoms with Gasteiger partial charge in [0, 0.05) is 12.0 Å². The van der Waals surface area contributed by atoms with Crippen molar-refractivity contribution in [2.45, 2.75) is 19.3 Å². The van der Waals surface area contributed by atoms with Crippen molar-refractivity contribution < 1.29 is 15.0 Å². The van der Waals surface area contributed by atoms with E-state index in [4.69, 9.17) is 5.11 Å². The Hall–Kier alpha value is -1.55. The van der Waals surface area contributed by atoms with Crippen molar-refractivity contribution in [3.05, 3.63) is 23.8 Å². The van der Waals surface area contributed by atoms with E-state index >= 15 is 0 Å². The molecule has 1 rings (SSSR count). The Morgan fingerprint density at radius 2 is 1.88 bits per heavy atom. The smallest absolute Gasteiger partial charge is 0.163 e. The van der Waals surface area contributed by atoms with E-state index in [1.165, 1.54) is 18.2 Å². The van der Waals surface area contributed by atoms with E-state index in [0.717, 1.165) is 19.4 Å². The summed E-state index contributed by atoms with van der Waals surface area (Å²) in [6.07, 6.45) is 2.28. The molecule has 4 nitrogen and oxygen atoms in total. The number of nitrogens with zero attached hydrogens (tertiary/aromatic N) is 1. The molecule has 94 valence electrons. The number of carbonyl (C=O) groups is 1. The number of unbranched alkanes of at least 4 members (excludes halogenated alkanes) is 1. The second-order valence-corrected chi connectivity index (χ2v) is 4.39. The molecular formula is C13H19NO3. The van der Waals surface area contributed by atoms with Gasteiger partial charge in [0.1, 0.15) is 0 Å². The van der Waals surface area contributed by atoms with Crippen molar-refractivity contribution >= 4 is 5.78 Å². The standard InChI is InChI=1S/C13H19NO3/c1-14(2)8-4-3-5-11(15)10-6-7-12(16)13(17)9-10/h6-7,9,16-17H,3-5,8H2,1-2H3. The van der Waals surface area contributed by atoms with Gasteiger partial charge in [0.05, 0.1) is 0 Å². The summed E-state index contributed by atoms with van der Waals surface area (Å²) in [6, 6.07) is 4.18. The van der Waals surface area contributed by atoms with Crippen LogP contribution in [-0.4, -0.2) is 41.5 Å². The molecule has 17 heavy (non-hydrogen) atoms. The predicted octanol–water partition coefficient (Wildman–Crippen LogP) is 2.01. The highest BCUT2D eigenvalue weighted by molar-refractivity contribution is 5.96. The monoisotopic (exact) mass is 237 g/mol. The highest BCUT2D eigenvalue weighted by Gasteiger charge is 2.08. The van der Waals surface area contributed by atoms with E-state index in [1.807, 2.05) is 14.1 Å². The van der Waals surface area contributed by atoms with Crippen LogP contribution in [0.15, 0.2) is 18.2 Å². The van der Waals surface area contributed by atoms with Gasteiger partial charge in [-0.15, -0.1) is 0 Å². The molecule has 0 unspecified atom stereocenters. The van der Waals surface area contributed by atoms with Crippen LogP contribution < -0.4 is 0 Å². The maximum atomic E-state index is 11.7. The maximum Gasteiger partial charge on any atom is 0.163 e. The fourth-order valence-corrected chi connectivity index (χ4v) is 1.55. The predicted molar refractivity (Wildman–Crippen MR) is 66.5 cm³/mol. The zero-order chi connectivity index (χ0) is 12.8. The van der Waals surface area contributed by atoms with Gasteiger partial charge in [-0.3, -0.25) is 4.79 Å². The van der Waals surface area contributed by atoms with E-state index in [9.17, 15) is 9.90 Å². The third kappa shape index (κ3) is 4.44. The lowest BCUT2D eigenvalue weighted by Crippen LogP contribution is -2.13. The van der Waals surface area contributed by atoms with Crippen molar-refractivity contribution in [3.63, 3.8) is 0 Å². The topological polar surface area (TPSA) is 60.8 Å². The first-order valence-corrected chi connectivity index (χ1v) is 5.70. The molecule has 0 spiro atoms. The van der Waals surface area contributed by atoms with E-state index in [-0.39, 0.29) is 17.3 Å². The van der Waals surface area contributed by atoms with E-state index in [2.05, 4.69) is 4.90 Å². The van der Waals surface area contributed by atoms with Crippen molar-refractivity contribution in [1.82, 2.24) is 4.90 Å². The average molecular weight is 237 g/mol. The van der Waals surface area contributed by atoms with Gasteiger partial charge in [0.25, 0.3) is 0 Å². The molecule has 0 bridgehead atoms. The van der Waals surface area contributed by atoms with Gasteiger partial charge in [0.2, 0.25) is 0 Å². The number of aromatic hydroxyl groups is 2. The van der Waals surface area contributed by atoms with Crippen LogP contribution in [0.5, 0.6) is 11.5 Å². The van der Waals surface area contributed by atoms with Gasteiger partial charge >= 0.3 is 0 Å². The number of hydrogen-bond acceptors (Lipinski definition) is 4. The van der Waals surface area contributed by atoms with Crippen LogP contribution in [0.3, 0.4) is 0 Å². The minimum Gasteiger partial charge on any atom is -0.504 e. The zero-order valence-corrected chi connectivity index (χ0v) is 10.3. The highest BCUT2D eigenvalue weighted by Crippen LogP contribution is 2.25. The molecular weight excluding hydrogens is 218 g/mol. The fraction of sp³-hybridized carbons (Fsp3) is 0.462. The van der Waals surface area contributed by atoms with Gasteiger partial charge in [-0.1, -0.05) is 0 Å². The summed E-state index contributed by atoms with van der Waals surface area (Å²) in [5.74, 6) is -0.447. The van der Waals surface area contributed by atoms with Crippen LogP contribution in [0.1, 0.15) is 29.6 Å². The Balaban J connectivity index is 2.44. The summed E-state index contributed by atoms with van der Waals surface area (Å²) in [4.78, 5) is 13.8. The molecule has 0 aromatic heterocycles. The Kier molecular flexibility index (Phi) is 4.97. The largest absolute Gasteiger partial charge is 0.504 e. The number of benzene rings is 1. The first kappa shape index (κ1) is 13.5. The van der Waals surface area contributed by atoms with Gasteiger partial charge in [-0.25, -0.2) is 0 Å². The van der Waals surface area contributed by atoms with Crippen molar-refractivity contribution in [1.29, 1.82) is 0 Å². The molecule has 1 aromatic carbocycles. The second kappa shape index (κ2) is 6.25. The quantitative estimate of drug-likeness (QED) is 0.451. The zero-order valence-electron chi connectivity index (χ0n) is 10.3. The lowest BCUT2D eigenvalue weighted by Gasteiger charge is -2.08. The number of rotatable bonds is 6. The van der Waals surface area contributed by atoms with E-state index in [0.29, 0.717) is 12.0 Å². The Bertz CT molecular complexity index is 388. The third-order valence-corrected chi connectivity index (χ3v) is 2.56. The molecule has 0 aliphatic heterocycles. The van der Waals surface area contributed by atoms with Crippen LogP contribution in [0.4, 0.5) is 0 Å². The number of phenols is 2. The molecule has 0 saturated heterocycles. The molecule has 0 heterocycles. The minimum absolute atomic E-state index is 0.000874. The molecule has 0 aliphatic carbocycles. The molecule has 0 radical (unpaired) electrons. The van der Waals surface area contributed by atoms with Crippen LogP contribution >= 0.6 is 0 Å². The first-order valence-electron chi connectivity index (χ1n) is 5.70. The fourth-order valence-electron chi connectivity index (χ4n) is 1.55. The second-order valence-electron chi connectivity index (χ2n) is 4.39. The summed E-state index contributed by atoms with van der Waals surface area (Å²) in [5, 5.41) is 18.4. The van der Waals surface area contributed by atoms with Crippen LogP contribution in [0.25, 0.3) is 0 Å². The normalized spacial score (nSPS) is 10.8. The molecule has 4 heteroatoms. The first-order chi connectivity index (χ1) is 8.00. The van der Waals surface area contributed by atoms with E-state index in [1.54, 1.807) is 0 Å². The molecule has 0 fully saturated rings. The summed E-state index contributed by atoms with van der Waals surface area (Å²) in [6.45, 7) is 0.966. The lowest BCUT2D eigenvalue weighted by molar-refractivity contribution is 0.0978. The van der Waals surface area contributed by atoms with Crippen LogP contribution in [0, 0.1) is 0 Å². The molecule has 2 N–H and O–H groups in total. The Morgan fingerprint density at radius 3 is 2.47 bits per heavy atom. The summed E-state index contributed by atoms with van der Waals surface area (Å²) in [5.41, 5.74) is 0.449. The van der Waals surface area contributed by atoms with Crippen molar-refractivity contribution in [2.75, 3.05) is 20.6 Å². The van der Waals surface area contributed by atoms with E-state index < -0.39 is 0 Å². The number of Topliss-reactive ketones (excluding diaryl/α,β-unsaturated/α-hetero) is 1. The SMILES string of the molecule is CN(C)CCCCC(=O)c1ccc(O)c(O)c1. The molecule has 0 aliphatic rings. The minimum atomic E-state index is -0.246. The number of phenolic OH excluding ortho intramolecular Hbond substituents is 2. The number of hydrogen-bond donors (Lipinski definition) is 2. The van der Waals surface area contributed by atoms with Gasteiger partial charge in [-0.05, 0) is 51.7 Å². The molecule has 0 amide bonds. The number of carbonyl (C=O) groups excluding carboxylic acids is 1. The lowest BCUT2D eigenvalue weighted by atomic mass is 10.0. The van der Waals surface area contributed by atoms with Crippen LogP contribution in [0.2, 0.25) is 0 Å². The Labute approximate surface area is 101 Å². The number of ketones is 1. The van der Waals surface area contributed by atoms with Gasteiger partial charge in [-0.2, -0.15) is 0 Å². The van der Waals surface area contributed by atoms with Crippen molar-refractivity contribution in [3.8, 4) is 11.5 Å². The van der Waals surface area contributed by atoms with Gasteiger partial charge < -0.3 is 15.1 Å². The summed E-state index contributed by atoms with van der Waals surface area (Å²) >= 11 is 0. The molecule has 0 saturated carbocycles. The summed E-state index contributed by atoms with van der Waals surface area (Å²) < 4.78 is 0. The third-order valence-electron chi connectivity index (χ3n) is 2.56. The summed E-state index contributed by atoms with van der Waals surface area (Å²) in [7, 11) is 4.00. The molecule has 0 atom stereocenters.